The van der Waals surface area contributed by atoms with Gasteiger partial charge in [-0.15, -0.1) is 0 Å². The number of hydrogen-bond donors (Lipinski definition) is 2. The monoisotopic (exact) mass is 837 g/mol. The molecule has 0 aromatic heterocycles. The zero-order valence-corrected chi connectivity index (χ0v) is 39.4. The molecule has 2 N–H and O–H groups in total. The molecular formula is C49H93N2O6P. The largest absolute Gasteiger partial charge is 0.756 e. The van der Waals surface area contributed by atoms with Crippen LogP contribution in [0.3, 0.4) is 0 Å². The van der Waals surface area contributed by atoms with Crippen LogP contribution in [-0.2, 0) is 18.4 Å². The van der Waals surface area contributed by atoms with Gasteiger partial charge in [0.05, 0.1) is 39.9 Å². The third kappa shape index (κ3) is 42.6. The summed E-state index contributed by atoms with van der Waals surface area (Å²) in [4.78, 5) is 25.3. The first-order chi connectivity index (χ1) is 28.0. The van der Waals surface area contributed by atoms with Crippen LogP contribution in [0.1, 0.15) is 206 Å². The Bertz CT molecular complexity index is 1090. The Morgan fingerprint density at radius 3 is 1.40 bits per heavy atom. The molecule has 0 radical (unpaired) electrons. The summed E-state index contributed by atoms with van der Waals surface area (Å²) in [5.74, 6) is -0.217. The van der Waals surface area contributed by atoms with Crippen molar-refractivity contribution in [1.82, 2.24) is 5.32 Å². The number of hydrogen-bond acceptors (Lipinski definition) is 6. The Hall–Kier alpha value is -1.54. The highest BCUT2D eigenvalue weighted by Gasteiger charge is 2.23. The molecule has 0 aromatic carbocycles. The van der Waals surface area contributed by atoms with Crippen molar-refractivity contribution in [3.63, 3.8) is 0 Å². The van der Waals surface area contributed by atoms with E-state index in [1.807, 2.05) is 27.2 Å². The number of likely N-dealkylation sites (N-methyl/N-ethyl adjacent to an activating group) is 1. The first-order valence-corrected chi connectivity index (χ1v) is 25.5. The molecule has 1 amide bonds. The lowest BCUT2D eigenvalue weighted by molar-refractivity contribution is -0.870. The summed E-state index contributed by atoms with van der Waals surface area (Å²) in [5, 5.41) is 13.8. The number of amides is 1. The molecule has 3 unspecified atom stereocenters. The van der Waals surface area contributed by atoms with Gasteiger partial charge in [0.15, 0.2) is 0 Å². The summed E-state index contributed by atoms with van der Waals surface area (Å²) in [6, 6.07) is -0.911. The molecule has 0 aliphatic rings. The maximum atomic E-state index is 12.9. The Balaban J connectivity index is 4.46. The first-order valence-electron chi connectivity index (χ1n) is 24.0. The molecule has 0 aliphatic heterocycles. The van der Waals surface area contributed by atoms with Crippen LogP contribution in [0.25, 0.3) is 0 Å². The minimum Gasteiger partial charge on any atom is -0.756 e. The van der Waals surface area contributed by atoms with E-state index in [0.717, 1.165) is 44.9 Å². The van der Waals surface area contributed by atoms with Crippen molar-refractivity contribution in [1.29, 1.82) is 0 Å². The van der Waals surface area contributed by atoms with E-state index in [2.05, 4.69) is 55.6 Å². The molecule has 3 atom stereocenters. The van der Waals surface area contributed by atoms with E-state index in [4.69, 9.17) is 9.05 Å². The molecule has 0 saturated heterocycles. The van der Waals surface area contributed by atoms with Crippen LogP contribution < -0.4 is 10.2 Å². The fraction of sp³-hybridized carbons (Fsp3) is 0.816. The highest BCUT2D eigenvalue weighted by molar-refractivity contribution is 7.45. The second kappa shape index (κ2) is 40.8. The summed E-state index contributed by atoms with van der Waals surface area (Å²) in [6.07, 6.45) is 51.6. The van der Waals surface area contributed by atoms with Gasteiger partial charge in [-0.3, -0.25) is 9.36 Å². The topological polar surface area (TPSA) is 108 Å². The minimum atomic E-state index is -4.60. The lowest BCUT2D eigenvalue weighted by Gasteiger charge is -2.29. The number of carbonyl (C=O) groups is 1. The van der Waals surface area contributed by atoms with Crippen LogP contribution in [0.2, 0.25) is 0 Å². The van der Waals surface area contributed by atoms with Gasteiger partial charge in [0.25, 0.3) is 7.82 Å². The molecule has 8 nitrogen and oxygen atoms in total. The highest BCUT2D eigenvalue weighted by Crippen LogP contribution is 2.38. The van der Waals surface area contributed by atoms with Crippen LogP contribution in [0.5, 0.6) is 0 Å². The molecule has 0 aliphatic carbocycles. The van der Waals surface area contributed by atoms with Gasteiger partial charge in [-0.05, 0) is 70.6 Å². The summed E-state index contributed by atoms with van der Waals surface area (Å²) >= 11 is 0. The molecule has 0 bridgehead atoms. The van der Waals surface area contributed by atoms with Crippen LogP contribution in [0.15, 0.2) is 48.6 Å². The molecule has 340 valence electrons. The molecule has 0 aromatic rings. The number of phosphoric acid groups is 1. The summed E-state index contributed by atoms with van der Waals surface area (Å²) < 4.78 is 23.2. The Kier molecular flexibility index (Phi) is 39.8. The van der Waals surface area contributed by atoms with Crippen molar-refractivity contribution in [2.24, 2.45) is 0 Å². The lowest BCUT2D eigenvalue weighted by Crippen LogP contribution is -2.45. The predicted molar refractivity (Wildman–Crippen MR) is 247 cm³/mol. The molecule has 0 saturated carbocycles. The second-order valence-electron chi connectivity index (χ2n) is 17.4. The van der Waals surface area contributed by atoms with Crippen LogP contribution in [0, 0.1) is 0 Å². The minimum absolute atomic E-state index is 0.0106. The first kappa shape index (κ1) is 56.5. The third-order valence-electron chi connectivity index (χ3n) is 10.5. The van der Waals surface area contributed by atoms with Crippen LogP contribution in [-0.4, -0.2) is 68.5 Å². The number of carbonyl (C=O) groups excluding carboxylic acids is 1. The number of aliphatic hydroxyl groups excluding tert-OH is 1. The van der Waals surface area contributed by atoms with Gasteiger partial charge in [-0.25, -0.2) is 0 Å². The number of phosphoric ester groups is 1. The molecule has 0 fully saturated rings. The van der Waals surface area contributed by atoms with Gasteiger partial charge in [0.2, 0.25) is 5.91 Å². The number of rotatable bonds is 43. The maximum absolute atomic E-state index is 12.9. The number of quaternary nitrogens is 1. The van der Waals surface area contributed by atoms with Gasteiger partial charge in [-0.2, -0.15) is 0 Å². The maximum Gasteiger partial charge on any atom is 0.268 e. The Labute approximate surface area is 359 Å². The predicted octanol–water partition coefficient (Wildman–Crippen LogP) is 13.0. The van der Waals surface area contributed by atoms with Crippen molar-refractivity contribution in [3.8, 4) is 0 Å². The average Bonchev–Trinajstić information content (AvgIpc) is 3.17. The van der Waals surface area contributed by atoms with Crippen molar-refractivity contribution >= 4 is 13.7 Å². The standard InChI is InChI=1S/C49H93N2O6P/c1-6-8-10-12-14-16-18-20-22-24-25-27-28-30-32-34-36-38-40-42-48(52)47(46-57-58(54,55)56-45-44-51(3,4)5)50-49(53)43-41-39-37-35-33-31-29-26-23-21-19-17-15-13-11-9-7-2/h21,23,25,27,32,34,40,42,47-48,52H,6-20,22,24,26,28-31,33,35-39,41,43-46H2,1-5H3,(H-,50,53,54,55)/b23-21-,27-25+,34-32+,42-40+. The zero-order chi connectivity index (χ0) is 42.8. The molecule has 0 rings (SSSR count). The van der Waals surface area contributed by atoms with Crippen LogP contribution >= 0.6 is 7.82 Å². The lowest BCUT2D eigenvalue weighted by atomic mass is 10.1. The normalized spacial score (nSPS) is 14.7. The quantitative estimate of drug-likeness (QED) is 0.0274. The summed E-state index contributed by atoms with van der Waals surface area (Å²) in [5.41, 5.74) is 0. The Morgan fingerprint density at radius 2 is 0.966 bits per heavy atom. The molecule has 0 heterocycles. The fourth-order valence-electron chi connectivity index (χ4n) is 6.65. The van der Waals surface area contributed by atoms with E-state index >= 15 is 0 Å². The van der Waals surface area contributed by atoms with Crippen LogP contribution in [0.4, 0.5) is 0 Å². The number of nitrogens with zero attached hydrogens (tertiary/aromatic N) is 1. The molecule has 9 heteroatoms. The molecule has 58 heavy (non-hydrogen) atoms. The highest BCUT2D eigenvalue weighted by atomic mass is 31.2. The fourth-order valence-corrected chi connectivity index (χ4v) is 7.37. The van der Waals surface area contributed by atoms with Gasteiger partial charge in [0.1, 0.15) is 13.2 Å². The van der Waals surface area contributed by atoms with Gasteiger partial charge in [0, 0.05) is 6.42 Å². The van der Waals surface area contributed by atoms with Crippen molar-refractivity contribution in [2.75, 3.05) is 40.9 Å². The molecule has 0 spiro atoms. The second-order valence-corrected chi connectivity index (χ2v) is 18.8. The third-order valence-corrected chi connectivity index (χ3v) is 11.5. The molecular weight excluding hydrogens is 744 g/mol. The van der Waals surface area contributed by atoms with Crippen molar-refractivity contribution in [2.45, 2.75) is 219 Å². The van der Waals surface area contributed by atoms with E-state index < -0.39 is 26.6 Å². The average molecular weight is 837 g/mol. The summed E-state index contributed by atoms with van der Waals surface area (Å²) in [7, 11) is 1.23. The van der Waals surface area contributed by atoms with E-state index in [0.29, 0.717) is 17.4 Å². The smallest absolute Gasteiger partial charge is 0.268 e. The van der Waals surface area contributed by atoms with Crippen molar-refractivity contribution < 1.29 is 32.9 Å². The van der Waals surface area contributed by atoms with Gasteiger partial charge < -0.3 is 28.8 Å². The number of aliphatic hydroxyl groups is 1. The van der Waals surface area contributed by atoms with E-state index in [-0.39, 0.29) is 12.5 Å². The van der Waals surface area contributed by atoms with E-state index in [1.54, 1.807) is 6.08 Å². The number of nitrogens with one attached hydrogen (secondary N) is 1. The Morgan fingerprint density at radius 1 is 0.586 bits per heavy atom. The number of unbranched alkanes of at least 4 members (excludes halogenated alkanes) is 24. The summed E-state index contributed by atoms with van der Waals surface area (Å²) in [6.45, 7) is 4.61. The van der Waals surface area contributed by atoms with Gasteiger partial charge >= 0.3 is 0 Å². The van der Waals surface area contributed by atoms with Crippen molar-refractivity contribution in [3.05, 3.63) is 48.6 Å². The SMILES string of the molecule is CCCCCCCC/C=C\CCCCCCCCCC(=O)NC(COP(=O)([O-])OCC[N+](C)(C)C)C(O)/C=C/CC/C=C/CC/C=C/CCCCCCCCCCC. The number of allylic oxidation sites excluding steroid dienone is 7. The van der Waals surface area contributed by atoms with E-state index in [9.17, 15) is 19.4 Å². The van der Waals surface area contributed by atoms with Gasteiger partial charge in [-0.1, -0.05) is 178 Å². The van der Waals surface area contributed by atoms with E-state index in [1.165, 1.54) is 141 Å². The zero-order valence-electron chi connectivity index (χ0n) is 38.5.